The maximum Gasteiger partial charge on any atom is 0.224 e. The predicted molar refractivity (Wildman–Crippen MR) is 91.4 cm³/mol. The minimum absolute atomic E-state index is 0.0191. The van der Waals surface area contributed by atoms with Gasteiger partial charge in [0.2, 0.25) is 5.91 Å². The molecule has 0 saturated carbocycles. The minimum atomic E-state index is -0.0328. The highest BCUT2D eigenvalue weighted by Crippen LogP contribution is 2.35. The van der Waals surface area contributed by atoms with Gasteiger partial charge in [0.25, 0.3) is 0 Å². The molecule has 0 aliphatic rings. The van der Waals surface area contributed by atoms with E-state index in [1.54, 1.807) is 18.4 Å². The lowest BCUT2D eigenvalue weighted by Crippen LogP contribution is -2.37. The Labute approximate surface area is 136 Å². The molecule has 0 bridgehead atoms. The van der Waals surface area contributed by atoms with Crippen molar-refractivity contribution < 1.29 is 9.53 Å². The number of carbonyl (C=O) groups is 1. The molecular formula is C18H23NO2S. The number of rotatable bonds is 5. The molecule has 3 nitrogen and oxygen atoms in total. The lowest BCUT2D eigenvalue weighted by molar-refractivity contribution is -0.121. The highest BCUT2D eigenvalue weighted by Gasteiger charge is 2.28. The Bertz CT molecular complexity index is 614. The number of benzene rings is 1. The summed E-state index contributed by atoms with van der Waals surface area (Å²) >= 11 is 1.68. The Kier molecular flexibility index (Phi) is 5.24. The Balaban J connectivity index is 2.08. The third kappa shape index (κ3) is 4.34. The molecule has 1 aromatic carbocycles. The minimum Gasteiger partial charge on any atom is -0.497 e. The van der Waals surface area contributed by atoms with Crippen molar-refractivity contribution in [3.63, 3.8) is 0 Å². The lowest BCUT2D eigenvalue weighted by Gasteiger charge is -2.30. The molecule has 1 amide bonds. The summed E-state index contributed by atoms with van der Waals surface area (Å²) < 4.78 is 5.20. The summed E-state index contributed by atoms with van der Waals surface area (Å²) in [5.74, 6) is 0.803. The van der Waals surface area contributed by atoms with Gasteiger partial charge in [-0.15, -0.1) is 11.3 Å². The fraction of sp³-hybridized carbons (Fsp3) is 0.389. The molecule has 2 aromatic rings. The first-order valence-electron chi connectivity index (χ1n) is 7.36. The molecule has 1 N–H and O–H groups in total. The van der Waals surface area contributed by atoms with Gasteiger partial charge in [-0.2, -0.15) is 0 Å². The molecule has 1 unspecified atom stereocenters. The molecule has 118 valence electrons. The van der Waals surface area contributed by atoms with E-state index in [1.165, 1.54) is 4.88 Å². The molecule has 0 aliphatic heterocycles. The molecular weight excluding hydrogens is 294 g/mol. The van der Waals surface area contributed by atoms with Crippen LogP contribution in [0.25, 0.3) is 0 Å². The fourth-order valence-electron chi connectivity index (χ4n) is 2.35. The number of carbonyl (C=O) groups excluding carboxylic acids is 1. The second-order valence-electron chi connectivity index (χ2n) is 6.41. The number of hydrogen-bond donors (Lipinski definition) is 1. The largest absolute Gasteiger partial charge is 0.497 e. The van der Waals surface area contributed by atoms with Gasteiger partial charge < -0.3 is 10.1 Å². The van der Waals surface area contributed by atoms with Crippen LogP contribution in [-0.4, -0.2) is 13.0 Å². The fourth-order valence-corrected chi connectivity index (χ4v) is 3.37. The van der Waals surface area contributed by atoms with Crippen molar-refractivity contribution in [1.82, 2.24) is 5.32 Å². The van der Waals surface area contributed by atoms with Crippen molar-refractivity contribution in [2.24, 2.45) is 5.41 Å². The van der Waals surface area contributed by atoms with Gasteiger partial charge in [-0.1, -0.05) is 39.0 Å². The second-order valence-corrected chi connectivity index (χ2v) is 7.39. The van der Waals surface area contributed by atoms with E-state index < -0.39 is 0 Å². The molecule has 22 heavy (non-hydrogen) atoms. The van der Waals surface area contributed by atoms with Gasteiger partial charge in [-0.25, -0.2) is 0 Å². The molecule has 4 heteroatoms. The van der Waals surface area contributed by atoms with E-state index in [-0.39, 0.29) is 17.4 Å². The maximum atomic E-state index is 12.4. The summed E-state index contributed by atoms with van der Waals surface area (Å²) in [6, 6.07) is 11.7. The number of methoxy groups -OCH3 is 1. The second kappa shape index (κ2) is 6.97. The molecule has 2 rings (SSSR count). The molecule has 0 saturated heterocycles. The smallest absolute Gasteiger partial charge is 0.224 e. The van der Waals surface area contributed by atoms with Crippen molar-refractivity contribution in [2.75, 3.05) is 7.11 Å². The van der Waals surface area contributed by atoms with Gasteiger partial charge >= 0.3 is 0 Å². The monoisotopic (exact) mass is 317 g/mol. The van der Waals surface area contributed by atoms with Gasteiger partial charge in [-0.05, 0) is 34.6 Å². The van der Waals surface area contributed by atoms with E-state index in [0.29, 0.717) is 6.42 Å². The van der Waals surface area contributed by atoms with Crippen LogP contribution < -0.4 is 10.1 Å². The molecule has 1 atom stereocenters. The van der Waals surface area contributed by atoms with Crippen LogP contribution in [0.3, 0.4) is 0 Å². The molecule has 0 fully saturated rings. The Morgan fingerprint density at radius 1 is 1.27 bits per heavy atom. The third-order valence-electron chi connectivity index (χ3n) is 3.50. The van der Waals surface area contributed by atoms with Gasteiger partial charge in [0.15, 0.2) is 0 Å². The summed E-state index contributed by atoms with van der Waals surface area (Å²) in [6.45, 7) is 6.43. The summed E-state index contributed by atoms with van der Waals surface area (Å²) in [6.07, 6.45) is 0.356. The molecule has 1 aromatic heterocycles. The van der Waals surface area contributed by atoms with Crippen molar-refractivity contribution >= 4 is 17.2 Å². The zero-order valence-electron chi connectivity index (χ0n) is 13.6. The van der Waals surface area contributed by atoms with Crippen LogP contribution in [0, 0.1) is 5.41 Å². The van der Waals surface area contributed by atoms with E-state index in [2.05, 4.69) is 32.2 Å². The first kappa shape index (κ1) is 16.6. The first-order chi connectivity index (χ1) is 10.4. The third-order valence-corrected chi connectivity index (χ3v) is 4.44. The van der Waals surface area contributed by atoms with Crippen LogP contribution >= 0.6 is 11.3 Å². The number of nitrogens with one attached hydrogen (secondary N) is 1. The van der Waals surface area contributed by atoms with Crippen molar-refractivity contribution in [3.05, 3.63) is 52.2 Å². The van der Waals surface area contributed by atoms with Crippen LogP contribution in [0.15, 0.2) is 41.8 Å². The van der Waals surface area contributed by atoms with Gasteiger partial charge in [0.05, 0.1) is 19.6 Å². The SMILES string of the molecule is COc1cccc(CC(=O)NC(c2cccs2)C(C)(C)C)c1. The zero-order chi connectivity index (χ0) is 16.2. The van der Waals surface area contributed by atoms with Crippen molar-refractivity contribution in [3.8, 4) is 5.75 Å². The summed E-state index contributed by atoms with van der Waals surface area (Å²) in [7, 11) is 1.63. The summed E-state index contributed by atoms with van der Waals surface area (Å²) in [5, 5.41) is 5.22. The zero-order valence-corrected chi connectivity index (χ0v) is 14.4. The van der Waals surface area contributed by atoms with Crippen LogP contribution in [0.1, 0.15) is 37.3 Å². The number of hydrogen-bond acceptors (Lipinski definition) is 3. The van der Waals surface area contributed by atoms with Crippen LogP contribution in [0.5, 0.6) is 5.75 Å². The van der Waals surface area contributed by atoms with Crippen molar-refractivity contribution in [2.45, 2.75) is 33.2 Å². The van der Waals surface area contributed by atoms with Crippen LogP contribution in [0.4, 0.5) is 0 Å². The molecule has 1 heterocycles. The standard InChI is InChI=1S/C18H23NO2S/c1-18(2,3)17(15-9-6-10-22-15)19-16(20)12-13-7-5-8-14(11-13)21-4/h5-11,17H,12H2,1-4H3,(H,19,20). The van der Waals surface area contributed by atoms with E-state index in [4.69, 9.17) is 4.74 Å². The highest BCUT2D eigenvalue weighted by atomic mass is 32.1. The topological polar surface area (TPSA) is 38.3 Å². The lowest BCUT2D eigenvalue weighted by atomic mass is 9.85. The Morgan fingerprint density at radius 2 is 2.05 bits per heavy atom. The summed E-state index contributed by atoms with van der Waals surface area (Å²) in [5.41, 5.74) is 0.921. The van der Waals surface area contributed by atoms with E-state index in [0.717, 1.165) is 11.3 Å². The molecule has 0 spiro atoms. The number of ether oxygens (including phenoxy) is 1. The maximum absolute atomic E-state index is 12.4. The predicted octanol–water partition coefficient (Wildman–Crippen LogP) is 4.20. The van der Waals surface area contributed by atoms with Crippen LogP contribution in [0.2, 0.25) is 0 Å². The van der Waals surface area contributed by atoms with Gasteiger partial charge in [0.1, 0.15) is 5.75 Å². The van der Waals surface area contributed by atoms with Gasteiger partial charge in [-0.3, -0.25) is 4.79 Å². The summed E-state index contributed by atoms with van der Waals surface area (Å²) in [4.78, 5) is 13.6. The highest BCUT2D eigenvalue weighted by molar-refractivity contribution is 7.10. The average molecular weight is 317 g/mol. The quantitative estimate of drug-likeness (QED) is 0.897. The average Bonchev–Trinajstić information content (AvgIpc) is 2.97. The molecule has 0 aliphatic carbocycles. The van der Waals surface area contributed by atoms with Crippen molar-refractivity contribution in [1.29, 1.82) is 0 Å². The Morgan fingerprint density at radius 3 is 2.64 bits per heavy atom. The Hall–Kier alpha value is -1.81. The number of amides is 1. The van der Waals surface area contributed by atoms with Crippen LogP contribution in [-0.2, 0) is 11.2 Å². The van der Waals surface area contributed by atoms with E-state index in [1.807, 2.05) is 35.7 Å². The van der Waals surface area contributed by atoms with Gasteiger partial charge in [0, 0.05) is 4.88 Å². The normalized spacial score (nSPS) is 12.7. The van der Waals surface area contributed by atoms with E-state index >= 15 is 0 Å². The number of thiophene rings is 1. The molecule has 0 radical (unpaired) electrons. The van der Waals surface area contributed by atoms with E-state index in [9.17, 15) is 4.79 Å². The first-order valence-corrected chi connectivity index (χ1v) is 8.24.